The van der Waals surface area contributed by atoms with Gasteiger partial charge in [0.2, 0.25) is 0 Å². The molecule has 0 amide bonds. The molecule has 0 spiro atoms. The largest absolute Gasteiger partial charge is 0.353 e. The Morgan fingerprint density at radius 3 is 1.88 bits per heavy atom. The van der Waals surface area contributed by atoms with Gasteiger partial charge in [0.15, 0.2) is 5.65 Å². The Kier molecular flexibility index (Phi) is 6.52. The van der Waals surface area contributed by atoms with Crippen LogP contribution in [0.5, 0.6) is 0 Å². The zero-order valence-electron chi connectivity index (χ0n) is 22.2. The molecule has 0 bridgehead atoms. The minimum Gasteiger partial charge on any atom is -0.353 e. The minimum absolute atomic E-state index is 0.194. The zero-order valence-corrected chi connectivity index (χ0v) is 22.2. The Hall–Kier alpha value is -4.81. The maximum Gasteiger partial charge on any atom is 0.168 e. The molecule has 6 heteroatoms. The fourth-order valence-corrected chi connectivity index (χ4v) is 5.77. The van der Waals surface area contributed by atoms with Crippen molar-refractivity contribution in [3.63, 3.8) is 0 Å². The molecule has 1 aliphatic rings. The van der Waals surface area contributed by atoms with Crippen molar-refractivity contribution in [1.29, 1.82) is 0 Å². The van der Waals surface area contributed by atoms with Gasteiger partial charge in [0, 0.05) is 26.2 Å². The lowest BCUT2D eigenvalue weighted by Gasteiger charge is -2.40. The molecule has 6 aromatic rings. The van der Waals surface area contributed by atoms with E-state index < -0.39 is 0 Å². The maximum atomic E-state index is 4.71. The van der Waals surface area contributed by atoms with Crippen LogP contribution in [0.25, 0.3) is 27.8 Å². The predicted molar refractivity (Wildman–Crippen MR) is 161 cm³/mol. The first-order valence-electron chi connectivity index (χ1n) is 13.8. The molecule has 2 aromatic heterocycles. The number of hydrogen-bond acceptors (Lipinski definition) is 5. The Morgan fingerprint density at radius 1 is 0.575 bits per heavy atom. The first kappa shape index (κ1) is 24.2. The van der Waals surface area contributed by atoms with Crippen LogP contribution < -0.4 is 4.90 Å². The van der Waals surface area contributed by atoms with Gasteiger partial charge >= 0.3 is 0 Å². The lowest BCUT2D eigenvalue weighted by molar-refractivity contribution is 0.212. The summed E-state index contributed by atoms with van der Waals surface area (Å²) >= 11 is 0. The minimum atomic E-state index is 0.194. The number of para-hydroxylation sites is 1. The summed E-state index contributed by atoms with van der Waals surface area (Å²) < 4.78 is 1.89. The van der Waals surface area contributed by atoms with Crippen molar-refractivity contribution in [2.45, 2.75) is 6.04 Å². The Labute approximate surface area is 234 Å². The number of anilines is 1. The normalized spacial score (nSPS) is 14.8. The maximum absolute atomic E-state index is 4.71. The standard InChI is InChI=1S/C34H30N6/c1-4-10-26(11-5-1)27-16-18-29(19-17-27)32(28-12-6-2-7-13-28)38-20-22-39(23-21-38)33-31-24-37-40(34(31)36-25-35-33)30-14-8-3-9-15-30/h1-19,24-25,32H,20-23H2. The lowest BCUT2D eigenvalue weighted by Crippen LogP contribution is -2.48. The Balaban J connectivity index is 1.15. The van der Waals surface area contributed by atoms with Crippen molar-refractivity contribution in [3.05, 3.63) is 139 Å². The van der Waals surface area contributed by atoms with Gasteiger partial charge in [0.05, 0.1) is 23.3 Å². The summed E-state index contributed by atoms with van der Waals surface area (Å²) in [6.07, 6.45) is 3.55. The van der Waals surface area contributed by atoms with E-state index in [1.807, 2.05) is 41.2 Å². The third-order valence-corrected chi connectivity index (χ3v) is 7.77. The Bertz CT molecular complexity index is 1690. The van der Waals surface area contributed by atoms with Gasteiger partial charge in [-0.3, -0.25) is 4.90 Å². The predicted octanol–water partition coefficient (Wildman–Crippen LogP) is 6.39. The van der Waals surface area contributed by atoms with Crippen molar-refractivity contribution in [1.82, 2.24) is 24.6 Å². The lowest BCUT2D eigenvalue weighted by atomic mass is 9.94. The van der Waals surface area contributed by atoms with Crippen LogP contribution in [-0.4, -0.2) is 50.8 Å². The van der Waals surface area contributed by atoms with Gasteiger partial charge in [-0.2, -0.15) is 5.10 Å². The summed E-state index contributed by atoms with van der Waals surface area (Å²) in [4.78, 5) is 14.2. The summed E-state index contributed by atoms with van der Waals surface area (Å²) in [6, 6.07) is 40.8. The number of nitrogens with zero attached hydrogens (tertiary/aromatic N) is 6. The van der Waals surface area contributed by atoms with Crippen LogP contribution in [0.2, 0.25) is 0 Å². The average molecular weight is 523 g/mol. The van der Waals surface area contributed by atoms with Gasteiger partial charge in [-0.15, -0.1) is 0 Å². The van der Waals surface area contributed by atoms with E-state index >= 15 is 0 Å². The van der Waals surface area contributed by atoms with Crippen molar-refractivity contribution < 1.29 is 0 Å². The van der Waals surface area contributed by atoms with Crippen molar-refractivity contribution in [3.8, 4) is 16.8 Å². The molecule has 40 heavy (non-hydrogen) atoms. The molecule has 1 atom stereocenters. The van der Waals surface area contributed by atoms with Gasteiger partial charge in [-0.1, -0.05) is 103 Å². The van der Waals surface area contributed by atoms with E-state index in [0.717, 1.165) is 48.7 Å². The van der Waals surface area contributed by atoms with Crippen LogP contribution >= 0.6 is 0 Å². The van der Waals surface area contributed by atoms with Crippen molar-refractivity contribution >= 4 is 16.9 Å². The molecule has 1 saturated heterocycles. The third kappa shape index (κ3) is 4.63. The second kappa shape index (κ2) is 10.8. The second-order valence-electron chi connectivity index (χ2n) is 10.2. The van der Waals surface area contributed by atoms with Gasteiger partial charge in [-0.25, -0.2) is 14.6 Å². The topological polar surface area (TPSA) is 50.1 Å². The van der Waals surface area contributed by atoms with Crippen LogP contribution in [0.1, 0.15) is 17.2 Å². The number of rotatable bonds is 6. The van der Waals surface area contributed by atoms with Gasteiger partial charge in [0.1, 0.15) is 12.1 Å². The van der Waals surface area contributed by atoms with Crippen LogP contribution in [0, 0.1) is 0 Å². The summed E-state index contributed by atoms with van der Waals surface area (Å²) in [5, 5.41) is 5.63. The van der Waals surface area contributed by atoms with Gasteiger partial charge in [-0.05, 0) is 34.4 Å². The van der Waals surface area contributed by atoms with E-state index in [1.165, 1.54) is 22.3 Å². The Morgan fingerprint density at radius 2 is 1.18 bits per heavy atom. The first-order chi connectivity index (χ1) is 19.8. The molecule has 7 rings (SSSR count). The summed E-state index contributed by atoms with van der Waals surface area (Å²) in [5.41, 5.74) is 6.94. The molecular formula is C34H30N6. The van der Waals surface area contributed by atoms with Crippen LogP contribution in [-0.2, 0) is 0 Å². The average Bonchev–Trinajstić information content (AvgIpc) is 3.48. The molecular weight excluding hydrogens is 492 g/mol. The number of hydrogen-bond donors (Lipinski definition) is 0. The smallest absolute Gasteiger partial charge is 0.168 e. The molecule has 196 valence electrons. The zero-order chi connectivity index (χ0) is 26.7. The number of fused-ring (bicyclic) bond motifs is 1. The SMILES string of the molecule is c1ccc(-c2ccc(C(c3ccccc3)N3CCN(c4ncnc5c4cnn5-c4ccccc4)CC3)cc2)cc1. The van der Waals surface area contributed by atoms with E-state index in [4.69, 9.17) is 4.98 Å². The van der Waals surface area contributed by atoms with Crippen LogP contribution in [0.4, 0.5) is 5.82 Å². The second-order valence-corrected chi connectivity index (χ2v) is 10.2. The molecule has 1 fully saturated rings. The molecule has 0 saturated carbocycles. The number of benzene rings is 4. The number of aromatic nitrogens is 4. The molecule has 6 nitrogen and oxygen atoms in total. The molecule has 0 radical (unpaired) electrons. The highest BCUT2D eigenvalue weighted by Gasteiger charge is 2.28. The monoisotopic (exact) mass is 522 g/mol. The molecule has 1 unspecified atom stereocenters. The van der Waals surface area contributed by atoms with E-state index in [-0.39, 0.29) is 6.04 Å². The molecule has 0 aliphatic carbocycles. The van der Waals surface area contributed by atoms with Crippen LogP contribution in [0.15, 0.2) is 128 Å². The third-order valence-electron chi connectivity index (χ3n) is 7.77. The van der Waals surface area contributed by atoms with Crippen LogP contribution in [0.3, 0.4) is 0 Å². The van der Waals surface area contributed by atoms with Gasteiger partial charge in [0.25, 0.3) is 0 Å². The summed E-state index contributed by atoms with van der Waals surface area (Å²) in [7, 11) is 0. The highest BCUT2D eigenvalue weighted by molar-refractivity contribution is 5.87. The summed E-state index contributed by atoms with van der Waals surface area (Å²) in [6.45, 7) is 3.62. The fraction of sp³-hybridized carbons (Fsp3) is 0.147. The van der Waals surface area contributed by atoms with Gasteiger partial charge < -0.3 is 4.90 Å². The van der Waals surface area contributed by atoms with E-state index in [0.29, 0.717) is 0 Å². The van der Waals surface area contributed by atoms with Crippen molar-refractivity contribution in [2.75, 3.05) is 31.1 Å². The van der Waals surface area contributed by atoms with E-state index in [9.17, 15) is 0 Å². The molecule has 0 N–H and O–H groups in total. The number of piperazine rings is 1. The quantitative estimate of drug-likeness (QED) is 0.254. The van der Waals surface area contributed by atoms with Crippen molar-refractivity contribution in [2.24, 2.45) is 0 Å². The van der Waals surface area contributed by atoms with E-state index in [1.54, 1.807) is 6.33 Å². The molecule has 3 heterocycles. The fourth-order valence-electron chi connectivity index (χ4n) is 5.77. The highest BCUT2D eigenvalue weighted by Crippen LogP contribution is 2.33. The summed E-state index contributed by atoms with van der Waals surface area (Å²) in [5.74, 6) is 0.954. The van der Waals surface area contributed by atoms with E-state index in [2.05, 4.69) is 105 Å². The highest BCUT2D eigenvalue weighted by atomic mass is 15.3. The molecule has 1 aliphatic heterocycles. The first-order valence-corrected chi connectivity index (χ1v) is 13.8. The molecule has 4 aromatic carbocycles.